The Morgan fingerprint density at radius 3 is 2.72 bits per heavy atom. The Kier molecular flexibility index (Phi) is 5.34. The number of benzene rings is 1. The van der Waals surface area contributed by atoms with E-state index >= 15 is 0 Å². The highest BCUT2D eigenvalue weighted by Gasteiger charge is 2.27. The number of rotatable bonds is 4. The van der Waals surface area contributed by atoms with Crippen LogP contribution in [0, 0.1) is 12.8 Å². The minimum absolute atomic E-state index is 0.247. The maximum absolute atomic E-state index is 9.44. The van der Waals surface area contributed by atoms with E-state index in [1.54, 1.807) is 12.4 Å². The van der Waals surface area contributed by atoms with Gasteiger partial charge in [-0.25, -0.2) is 4.99 Å². The summed E-state index contributed by atoms with van der Waals surface area (Å²) < 4.78 is 1.07. The lowest BCUT2D eigenvalue weighted by atomic mass is 9.82. The van der Waals surface area contributed by atoms with Crippen molar-refractivity contribution >= 4 is 11.5 Å². The van der Waals surface area contributed by atoms with Crippen molar-refractivity contribution in [2.24, 2.45) is 10.9 Å². The molecule has 4 heteroatoms. The van der Waals surface area contributed by atoms with E-state index in [1.165, 1.54) is 22.3 Å². The summed E-state index contributed by atoms with van der Waals surface area (Å²) in [4.78, 5) is 4.81. The highest BCUT2D eigenvalue weighted by Crippen LogP contribution is 2.34. The number of pyridine rings is 1. The topological polar surface area (TPSA) is 48.5 Å². The molecule has 0 amide bonds. The van der Waals surface area contributed by atoms with Gasteiger partial charge in [0.05, 0.1) is 0 Å². The molecule has 4 rings (SSSR count). The molecule has 0 spiro atoms. The third-order valence-electron chi connectivity index (χ3n) is 5.66. The standard InChI is InChI=1S/C25H28N3O/c1-17(2)22-9-8-21(14-18(22)3)27-25-24-7-5-4-6-23(24)20(16-26-25)15-19-10-12-28(29)13-11-19/h4-6,8-14,16-17,24,29H,7,15H2,1-3H3,(H,26,27)/q+1. The van der Waals surface area contributed by atoms with Gasteiger partial charge in [0, 0.05) is 34.7 Å². The molecule has 1 atom stereocenters. The molecule has 2 N–H and O–H groups in total. The van der Waals surface area contributed by atoms with Gasteiger partial charge in [-0.2, -0.15) is 0 Å². The summed E-state index contributed by atoms with van der Waals surface area (Å²) >= 11 is 0. The molecule has 0 saturated carbocycles. The summed E-state index contributed by atoms with van der Waals surface area (Å²) in [6.45, 7) is 6.63. The fourth-order valence-electron chi connectivity index (χ4n) is 4.13. The first-order valence-corrected chi connectivity index (χ1v) is 10.2. The number of aromatic nitrogens is 1. The number of hydrogen-bond donors (Lipinski definition) is 2. The Morgan fingerprint density at radius 2 is 2.00 bits per heavy atom. The van der Waals surface area contributed by atoms with Crippen molar-refractivity contribution in [3.05, 3.63) is 95.0 Å². The second-order valence-electron chi connectivity index (χ2n) is 8.12. The SMILES string of the molecule is Cc1cc(NC2=NC=C(Cc3cc[n+](O)cc3)C3=CC=CCC32)ccc1C(C)C. The van der Waals surface area contributed by atoms with Crippen molar-refractivity contribution in [3.63, 3.8) is 0 Å². The van der Waals surface area contributed by atoms with Crippen molar-refractivity contribution in [1.82, 2.24) is 0 Å². The fraction of sp³-hybridized carbons (Fsp3) is 0.280. The van der Waals surface area contributed by atoms with Crippen LogP contribution in [-0.4, -0.2) is 11.0 Å². The molecule has 0 radical (unpaired) electrons. The lowest BCUT2D eigenvalue weighted by molar-refractivity contribution is -0.904. The van der Waals surface area contributed by atoms with Gasteiger partial charge in [0.2, 0.25) is 12.4 Å². The molecule has 29 heavy (non-hydrogen) atoms. The lowest BCUT2D eigenvalue weighted by Gasteiger charge is -2.29. The second kappa shape index (κ2) is 8.08. The number of aliphatic imine (C=N–C) groups is 1. The largest absolute Gasteiger partial charge is 0.343 e. The van der Waals surface area contributed by atoms with Gasteiger partial charge in [0.25, 0.3) is 0 Å². The molecule has 0 saturated heterocycles. The third-order valence-corrected chi connectivity index (χ3v) is 5.66. The number of amidine groups is 1. The predicted octanol–water partition coefficient (Wildman–Crippen LogP) is 5.10. The second-order valence-corrected chi connectivity index (χ2v) is 8.12. The summed E-state index contributed by atoms with van der Waals surface area (Å²) in [6.07, 6.45) is 13.6. The molecule has 148 valence electrons. The molecule has 2 aromatic rings. The number of hydrogen-bond acceptors (Lipinski definition) is 3. The molecule has 1 aromatic carbocycles. The zero-order chi connectivity index (χ0) is 20.4. The van der Waals surface area contributed by atoms with Crippen molar-refractivity contribution < 1.29 is 9.94 Å². The molecule has 4 nitrogen and oxygen atoms in total. The van der Waals surface area contributed by atoms with Crippen LogP contribution in [0.2, 0.25) is 0 Å². The van der Waals surface area contributed by atoms with Gasteiger partial charge in [-0.05, 0) is 65.7 Å². The summed E-state index contributed by atoms with van der Waals surface area (Å²) in [7, 11) is 0. The Morgan fingerprint density at radius 1 is 1.21 bits per heavy atom. The van der Waals surface area contributed by atoms with Crippen LogP contribution in [0.5, 0.6) is 0 Å². The number of aryl methyl sites for hydroxylation is 1. The third kappa shape index (κ3) is 4.16. The Bertz CT molecular complexity index is 1030. The molecule has 1 aliphatic heterocycles. The van der Waals surface area contributed by atoms with Crippen molar-refractivity contribution in [3.8, 4) is 0 Å². The van der Waals surface area contributed by atoms with Gasteiger partial charge in [-0.1, -0.05) is 38.1 Å². The van der Waals surface area contributed by atoms with E-state index in [1.807, 2.05) is 18.3 Å². The zero-order valence-corrected chi connectivity index (χ0v) is 17.3. The van der Waals surface area contributed by atoms with E-state index in [9.17, 15) is 5.21 Å². The molecule has 2 aliphatic rings. The molecular weight excluding hydrogens is 358 g/mol. The minimum Gasteiger partial charge on any atom is -0.343 e. The summed E-state index contributed by atoms with van der Waals surface area (Å²) in [5, 5.41) is 13.0. The van der Waals surface area contributed by atoms with Crippen LogP contribution in [0.25, 0.3) is 0 Å². The number of anilines is 1. The molecule has 1 aromatic heterocycles. The Hall–Kier alpha value is -3.14. The molecule has 0 bridgehead atoms. The van der Waals surface area contributed by atoms with Crippen LogP contribution in [0.15, 0.2) is 83.3 Å². The van der Waals surface area contributed by atoms with Crippen LogP contribution in [0.4, 0.5) is 5.69 Å². The summed E-state index contributed by atoms with van der Waals surface area (Å²) in [6, 6.07) is 10.5. The highest BCUT2D eigenvalue weighted by molar-refractivity contribution is 6.01. The quantitative estimate of drug-likeness (QED) is 0.567. The average Bonchev–Trinajstić information content (AvgIpc) is 2.71. The smallest absolute Gasteiger partial charge is 0.222 e. The molecule has 2 heterocycles. The molecule has 0 fully saturated rings. The molecule has 1 unspecified atom stereocenters. The first-order chi connectivity index (χ1) is 14.0. The van der Waals surface area contributed by atoms with Gasteiger partial charge in [0.1, 0.15) is 5.84 Å². The van der Waals surface area contributed by atoms with E-state index in [0.29, 0.717) is 5.92 Å². The number of fused-ring (bicyclic) bond motifs is 1. The maximum Gasteiger partial charge on any atom is 0.222 e. The van der Waals surface area contributed by atoms with E-state index in [-0.39, 0.29) is 5.92 Å². The van der Waals surface area contributed by atoms with Crippen LogP contribution in [-0.2, 0) is 6.42 Å². The fourth-order valence-corrected chi connectivity index (χ4v) is 4.13. The van der Waals surface area contributed by atoms with Gasteiger partial charge in [-0.15, -0.1) is 0 Å². The van der Waals surface area contributed by atoms with Gasteiger partial charge >= 0.3 is 0 Å². The number of nitrogens with one attached hydrogen (secondary N) is 1. The summed E-state index contributed by atoms with van der Waals surface area (Å²) in [5.41, 5.74) is 7.49. The van der Waals surface area contributed by atoms with Gasteiger partial charge in [0.15, 0.2) is 0 Å². The van der Waals surface area contributed by atoms with Crippen LogP contribution in [0.3, 0.4) is 0 Å². The van der Waals surface area contributed by atoms with E-state index in [2.05, 4.69) is 62.5 Å². The lowest BCUT2D eigenvalue weighted by Crippen LogP contribution is -2.29. The van der Waals surface area contributed by atoms with Gasteiger partial charge < -0.3 is 5.32 Å². The van der Waals surface area contributed by atoms with Crippen molar-refractivity contribution in [2.75, 3.05) is 5.32 Å². The zero-order valence-electron chi connectivity index (χ0n) is 17.3. The van der Waals surface area contributed by atoms with Crippen LogP contribution >= 0.6 is 0 Å². The first kappa shape index (κ1) is 19.2. The number of nitrogens with zero attached hydrogens (tertiary/aromatic N) is 2. The minimum atomic E-state index is 0.247. The highest BCUT2D eigenvalue weighted by atomic mass is 16.5. The van der Waals surface area contributed by atoms with E-state index < -0.39 is 0 Å². The summed E-state index contributed by atoms with van der Waals surface area (Å²) in [5.74, 6) is 1.77. The average molecular weight is 387 g/mol. The van der Waals surface area contributed by atoms with Gasteiger partial charge in [-0.3, -0.25) is 5.21 Å². The Labute approximate surface area is 172 Å². The monoisotopic (exact) mass is 386 g/mol. The maximum atomic E-state index is 9.44. The van der Waals surface area contributed by atoms with E-state index in [4.69, 9.17) is 4.99 Å². The first-order valence-electron chi connectivity index (χ1n) is 10.2. The normalized spacial score (nSPS) is 18.1. The number of allylic oxidation sites excluding steroid dienone is 4. The van der Waals surface area contributed by atoms with Crippen LogP contribution in [0.1, 0.15) is 42.9 Å². The van der Waals surface area contributed by atoms with E-state index in [0.717, 1.165) is 34.7 Å². The molecular formula is C25H28N3O+. The van der Waals surface area contributed by atoms with Crippen molar-refractivity contribution in [1.29, 1.82) is 0 Å². The predicted molar refractivity (Wildman–Crippen MR) is 117 cm³/mol. The Balaban J connectivity index is 1.59. The molecule has 1 aliphatic carbocycles. The van der Waals surface area contributed by atoms with Crippen molar-refractivity contribution in [2.45, 2.75) is 39.5 Å². The van der Waals surface area contributed by atoms with Crippen LogP contribution < -0.4 is 10.0 Å².